The predicted molar refractivity (Wildman–Crippen MR) is 223 cm³/mol. The van der Waals surface area contributed by atoms with Crippen molar-refractivity contribution < 1.29 is 47.3 Å². The molecule has 0 unspecified atom stereocenters. The molecule has 4 aromatic carbocycles. The van der Waals surface area contributed by atoms with Crippen molar-refractivity contribution in [3.05, 3.63) is 128 Å². The summed E-state index contributed by atoms with van der Waals surface area (Å²) in [5, 5.41) is 20.1. The van der Waals surface area contributed by atoms with Crippen LogP contribution >= 0.6 is 11.6 Å². The molecule has 17 heteroatoms. The number of fused-ring (bicyclic) bond motifs is 2. The quantitative estimate of drug-likeness (QED) is 0.106. The fourth-order valence-corrected chi connectivity index (χ4v) is 6.33. The molecule has 59 heavy (non-hydrogen) atoms. The second-order valence-electron chi connectivity index (χ2n) is 16.4. The van der Waals surface area contributed by atoms with E-state index in [1.807, 2.05) is 60.6 Å². The number of aryl methyl sites for hydroxylation is 4. The van der Waals surface area contributed by atoms with Gasteiger partial charge in [0, 0.05) is 27.6 Å². The van der Waals surface area contributed by atoms with Crippen LogP contribution in [-0.4, -0.2) is 63.3 Å². The first-order chi connectivity index (χ1) is 27.4. The molecule has 5 N–H and O–H groups in total. The van der Waals surface area contributed by atoms with Crippen molar-refractivity contribution in [1.82, 2.24) is 21.3 Å². The highest BCUT2D eigenvalue weighted by molar-refractivity contribution is 6.67. The Bertz CT molecular complexity index is 2220. The van der Waals surface area contributed by atoms with Crippen LogP contribution in [0.5, 0.6) is 0 Å². The minimum absolute atomic E-state index is 0.0411. The normalized spacial score (nSPS) is 13.0. The van der Waals surface area contributed by atoms with Gasteiger partial charge in [0.25, 0.3) is 23.0 Å². The van der Waals surface area contributed by atoms with Gasteiger partial charge in [0.05, 0.1) is 29.9 Å². The molecule has 312 valence electrons. The van der Waals surface area contributed by atoms with Crippen LogP contribution in [-0.2, 0) is 22.5 Å². The number of hydrogen-bond acceptors (Lipinski definition) is 9. The van der Waals surface area contributed by atoms with Crippen molar-refractivity contribution in [2.24, 2.45) is 0 Å². The summed E-state index contributed by atoms with van der Waals surface area (Å²) in [6, 6.07) is 16.8. The van der Waals surface area contributed by atoms with Gasteiger partial charge in [-0.3, -0.25) is 30.0 Å². The molecule has 2 aliphatic heterocycles. The Balaban J connectivity index is 0.000000219. The zero-order chi connectivity index (χ0) is 44.1. The summed E-state index contributed by atoms with van der Waals surface area (Å²) in [7, 11) is -2.72. The van der Waals surface area contributed by atoms with Gasteiger partial charge in [-0.05, 0) is 128 Å². The van der Waals surface area contributed by atoms with Crippen molar-refractivity contribution in [3.8, 4) is 0 Å². The maximum Gasteiger partial charge on any atom is 0.494 e. The van der Waals surface area contributed by atoms with E-state index in [9.17, 15) is 38.0 Å². The summed E-state index contributed by atoms with van der Waals surface area (Å²) in [6.45, 7) is 18.8. The third-order valence-corrected chi connectivity index (χ3v) is 9.09. The number of halogens is 3. The van der Waals surface area contributed by atoms with Gasteiger partial charge in [-0.25, -0.2) is 19.2 Å². The number of carbonyl (C=O) groups is 4. The first kappa shape index (κ1) is 46.7. The molecule has 0 bridgehead atoms. The van der Waals surface area contributed by atoms with Gasteiger partial charge < -0.3 is 19.4 Å². The molecule has 0 spiro atoms. The van der Waals surface area contributed by atoms with Crippen LogP contribution in [0.3, 0.4) is 0 Å². The molecule has 2 heterocycles. The summed E-state index contributed by atoms with van der Waals surface area (Å²) in [4.78, 5) is 48.6. The van der Waals surface area contributed by atoms with Gasteiger partial charge in [-0.15, -0.1) is 0 Å². The molecule has 2 aliphatic rings. The molecular weight excluding hydrogens is 784 g/mol. The van der Waals surface area contributed by atoms with Crippen molar-refractivity contribution in [2.45, 2.75) is 93.5 Å². The minimum atomic E-state index is -1.41. The summed E-state index contributed by atoms with van der Waals surface area (Å²) in [6.07, 6.45) is 0. The van der Waals surface area contributed by atoms with Gasteiger partial charge >= 0.3 is 14.2 Å². The summed E-state index contributed by atoms with van der Waals surface area (Å²) in [5.74, 6) is -3.36. The molecule has 6 rings (SSSR count). The van der Waals surface area contributed by atoms with Gasteiger partial charge in [0.2, 0.25) is 0 Å². The second-order valence-corrected chi connectivity index (χ2v) is 16.8. The average molecular weight is 833 g/mol. The highest BCUT2D eigenvalue weighted by Gasteiger charge is 2.36. The van der Waals surface area contributed by atoms with E-state index in [0.717, 1.165) is 22.3 Å². The molecule has 12 nitrogen and oxygen atoms in total. The average Bonchev–Trinajstić information content (AvgIpc) is 3.70. The first-order valence-corrected chi connectivity index (χ1v) is 19.1. The second kappa shape index (κ2) is 19.0. The Labute approximate surface area is 348 Å². The summed E-state index contributed by atoms with van der Waals surface area (Å²) < 4.78 is 38.9. The van der Waals surface area contributed by atoms with E-state index in [-0.39, 0.29) is 40.8 Å². The lowest BCUT2D eigenvalue weighted by molar-refractivity contribution is 0.0357. The number of carbonyl (C=O) groups excluding carboxylic acids is 4. The lowest BCUT2D eigenvalue weighted by Crippen LogP contribution is -2.56. The Morgan fingerprint density at radius 3 is 1.47 bits per heavy atom. The maximum atomic E-state index is 14.8. The molecule has 0 fully saturated rings. The molecule has 0 saturated carbocycles. The van der Waals surface area contributed by atoms with Crippen LogP contribution in [0.15, 0.2) is 60.7 Å². The van der Waals surface area contributed by atoms with Gasteiger partial charge in [-0.1, -0.05) is 46.5 Å². The number of nitrogens with zero attached hydrogens (tertiary/aromatic N) is 1. The highest BCUT2D eigenvalue weighted by atomic mass is 35.5. The van der Waals surface area contributed by atoms with Gasteiger partial charge in [0.15, 0.2) is 0 Å². The molecule has 0 radical (unpaired) electrons. The molecule has 4 aromatic rings. The molecular formula is C42H49B2ClF2N4O8. The fourth-order valence-electron chi connectivity index (χ4n) is 6.22. The molecule has 0 aliphatic carbocycles. The number of hydrazine groups is 2. The van der Waals surface area contributed by atoms with Crippen LogP contribution in [0, 0.1) is 39.3 Å². The topological polar surface area (TPSA) is 167 Å². The molecule has 0 saturated heterocycles. The van der Waals surface area contributed by atoms with Crippen LogP contribution in [0.4, 0.5) is 8.78 Å². The molecule has 0 atom stereocenters. The smallest absolute Gasteiger partial charge is 0.423 e. The van der Waals surface area contributed by atoms with E-state index < -0.39 is 54.4 Å². The zero-order valence-corrected chi connectivity index (χ0v) is 35.5. The Morgan fingerprint density at radius 1 is 0.678 bits per heavy atom. The first-order valence-electron chi connectivity index (χ1n) is 18.7. The zero-order valence-electron chi connectivity index (χ0n) is 34.8. The number of benzene rings is 4. The van der Waals surface area contributed by atoms with Gasteiger partial charge in [0.1, 0.15) is 11.6 Å². The SMILES string of the molecule is CC(C)(C)NNC(=O)c1ccc2c(c1F)B(O)OC2.Cc1cc(C)cc(C(=O)Cl)c1.Cc1cc(C)cc(C(=O)N(NC(=O)c2ccc3c(c2F)B(O)OC3)C(C)(C)C)c1. The Kier molecular flexibility index (Phi) is 15.0. The van der Waals surface area contributed by atoms with Crippen molar-refractivity contribution in [3.63, 3.8) is 0 Å². The minimum Gasteiger partial charge on any atom is -0.423 e. The van der Waals surface area contributed by atoms with E-state index in [1.54, 1.807) is 51.1 Å². The monoisotopic (exact) mass is 832 g/mol. The van der Waals surface area contributed by atoms with E-state index in [0.29, 0.717) is 22.3 Å². The lowest BCUT2D eigenvalue weighted by atomic mass is 9.78. The van der Waals surface area contributed by atoms with Crippen LogP contribution in [0.25, 0.3) is 0 Å². The van der Waals surface area contributed by atoms with E-state index >= 15 is 0 Å². The summed E-state index contributed by atoms with van der Waals surface area (Å²) >= 11 is 5.31. The van der Waals surface area contributed by atoms with Crippen molar-refractivity contribution in [1.29, 1.82) is 0 Å². The number of hydrogen-bond donors (Lipinski definition) is 5. The van der Waals surface area contributed by atoms with Crippen LogP contribution < -0.4 is 27.2 Å². The van der Waals surface area contributed by atoms with Gasteiger partial charge in [-0.2, -0.15) is 0 Å². The van der Waals surface area contributed by atoms with Crippen molar-refractivity contribution in [2.75, 3.05) is 0 Å². The highest BCUT2D eigenvalue weighted by Crippen LogP contribution is 2.21. The lowest BCUT2D eigenvalue weighted by Gasteiger charge is -2.35. The summed E-state index contributed by atoms with van der Waals surface area (Å²) in [5.41, 5.74) is 12.3. The van der Waals surface area contributed by atoms with Crippen LogP contribution in [0.1, 0.15) is 116 Å². The standard InChI is InChI=1S/C21H24BFN2O4.C12H16BFN2O3.C9H9ClO/c1-12-8-13(2)10-15(9-12)20(27)25(21(3,4)5)24-19(26)16-7-6-14-11-29-22(28)17(14)18(16)23;1-12(2,3)16-15-11(17)8-5-4-7-6-19-13(18)9(7)10(8)14;1-6-3-7(2)5-8(4-6)9(10)11/h6-10,28H,11H2,1-5H3,(H,24,26);4-5,16,18H,6H2,1-3H3,(H,15,17);3-5H,1-2H3. The Hall–Kier alpha value is -4.96. The van der Waals surface area contributed by atoms with E-state index in [2.05, 4.69) is 16.3 Å². The largest absolute Gasteiger partial charge is 0.494 e. The molecule has 3 amide bonds. The fraction of sp³-hybridized carbons (Fsp3) is 0.333. The van der Waals surface area contributed by atoms with Crippen LogP contribution in [0.2, 0.25) is 0 Å². The third-order valence-electron chi connectivity index (χ3n) is 8.87. The number of amides is 3. The Morgan fingerprint density at radius 2 is 1.08 bits per heavy atom. The van der Waals surface area contributed by atoms with E-state index in [1.165, 1.54) is 23.2 Å². The maximum absolute atomic E-state index is 14.8. The number of nitrogens with one attached hydrogen (secondary N) is 3. The number of rotatable bonds is 5. The predicted octanol–water partition coefficient (Wildman–Crippen LogP) is 5.00. The van der Waals surface area contributed by atoms with E-state index in [4.69, 9.17) is 20.9 Å². The molecule has 0 aromatic heterocycles. The van der Waals surface area contributed by atoms with Crippen molar-refractivity contribution >= 4 is 59.7 Å². The third kappa shape index (κ3) is 12.1.